The molecule has 1 fully saturated rings. The third-order valence-electron chi connectivity index (χ3n) is 4.40. The van der Waals surface area contributed by atoms with Gasteiger partial charge >= 0.3 is 0 Å². The molecule has 1 atom stereocenters. The van der Waals surface area contributed by atoms with E-state index in [-0.39, 0.29) is 24.0 Å². The Labute approximate surface area is 171 Å². The molecule has 1 aliphatic rings. The Kier molecular flexibility index (Phi) is 8.02. The first-order valence-corrected chi connectivity index (χ1v) is 9.44. The highest BCUT2D eigenvalue weighted by Crippen LogP contribution is 2.20. The van der Waals surface area contributed by atoms with Crippen molar-refractivity contribution in [3.8, 4) is 0 Å². The van der Waals surface area contributed by atoms with Crippen LogP contribution >= 0.6 is 35.3 Å². The Morgan fingerprint density at radius 1 is 1.28 bits per heavy atom. The SMILES string of the molecule is CN=C(NCCc1cccs1)NC1CCN(c2ccc(C)cc2)C1.I. The van der Waals surface area contributed by atoms with Gasteiger partial charge in [-0.2, -0.15) is 0 Å². The molecule has 1 saturated heterocycles. The van der Waals surface area contributed by atoms with Crippen molar-refractivity contribution >= 4 is 47.0 Å². The van der Waals surface area contributed by atoms with Crippen molar-refractivity contribution in [2.24, 2.45) is 4.99 Å². The van der Waals surface area contributed by atoms with E-state index in [4.69, 9.17) is 0 Å². The summed E-state index contributed by atoms with van der Waals surface area (Å²) in [5, 5.41) is 9.11. The van der Waals surface area contributed by atoms with Gasteiger partial charge in [0.05, 0.1) is 0 Å². The van der Waals surface area contributed by atoms with E-state index >= 15 is 0 Å². The van der Waals surface area contributed by atoms with Gasteiger partial charge in [0.1, 0.15) is 0 Å². The van der Waals surface area contributed by atoms with Crippen LogP contribution in [0, 0.1) is 6.92 Å². The topological polar surface area (TPSA) is 39.7 Å². The van der Waals surface area contributed by atoms with Gasteiger partial charge in [-0.1, -0.05) is 23.8 Å². The van der Waals surface area contributed by atoms with E-state index < -0.39 is 0 Å². The monoisotopic (exact) mass is 470 g/mol. The van der Waals surface area contributed by atoms with Crippen molar-refractivity contribution in [2.75, 3.05) is 31.6 Å². The molecule has 6 heteroatoms. The van der Waals surface area contributed by atoms with Gasteiger partial charge in [0.2, 0.25) is 0 Å². The van der Waals surface area contributed by atoms with Crippen LogP contribution in [0.1, 0.15) is 16.9 Å². The van der Waals surface area contributed by atoms with Gasteiger partial charge in [-0.15, -0.1) is 35.3 Å². The fraction of sp³-hybridized carbons (Fsp3) is 0.421. The van der Waals surface area contributed by atoms with Crippen molar-refractivity contribution in [2.45, 2.75) is 25.8 Å². The molecule has 3 rings (SSSR count). The second-order valence-corrected chi connectivity index (χ2v) is 7.27. The van der Waals surface area contributed by atoms with Crippen molar-refractivity contribution in [1.29, 1.82) is 0 Å². The lowest BCUT2D eigenvalue weighted by Crippen LogP contribution is -2.45. The number of aryl methyl sites for hydroxylation is 1. The first kappa shape index (κ1) is 20.0. The summed E-state index contributed by atoms with van der Waals surface area (Å²) in [6.45, 7) is 5.15. The number of anilines is 1. The highest BCUT2D eigenvalue weighted by Gasteiger charge is 2.23. The van der Waals surface area contributed by atoms with Gasteiger partial charge in [0, 0.05) is 43.3 Å². The molecule has 1 unspecified atom stereocenters. The van der Waals surface area contributed by atoms with Gasteiger partial charge in [-0.05, 0) is 43.3 Å². The number of hydrogen-bond acceptors (Lipinski definition) is 3. The Bertz CT molecular complexity index is 655. The van der Waals surface area contributed by atoms with E-state index in [1.54, 1.807) is 0 Å². The molecular formula is C19H27IN4S. The number of nitrogens with zero attached hydrogens (tertiary/aromatic N) is 2. The third kappa shape index (κ3) is 5.88. The lowest BCUT2D eigenvalue weighted by molar-refractivity contribution is 0.648. The minimum Gasteiger partial charge on any atom is -0.369 e. The number of aliphatic imine (C=N–C) groups is 1. The molecule has 4 nitrogen and oxygen atoms in total. The second-order valence-electron chi connectivity index (χ2n) is 6.24. The Balaban J connectivity index is 0.00000225. The first-order chi connectivity index (χ1) is 11.7. The normalized spacial score (nSPS) is 17.3. The van der Waals surface area contributed by atoms with E-state index in [9.17, 15) is 0 Å². The molecule has 0 aliphatic carbocycles. The fourth-order valence-electron chi connectivity index (χ4n) is 3.02. The summed E-state index contributed by atoms with van der Waals surface area (Å²) in [6.07, 6.45) is 2.18. The molecule has 0 spiro atoms. The molecule has 2 heterocycles. The van der Waals surface area contributed by atoms with Gasteiger partial charge in [-0.3, -0.25) is 4.99 Å². The molecule has 2 N–H and O–H groups in total. The minimum absolute atomic E-state index is 0. The first-order valence-electron chi connectivity index (χ1n) is 8.56. The predicted molar refractivity (Wildman–Crippen MR) is 120 cm³/mol. The molecule has 0 bridgehead atoms. The largest absolute Gasteiger partial charge is 0.369 e. The fourth-order valence-corrected chi connectivity index (χ4v) is 3.72. The van der Waals surface area contributed by atoms with Crippen molar-refractivity contribution in [1.82, 2.24) is 10.6 Å². The maximum Gasteiger partial charge on any atom is 0.191 e. The smallest absolute Gasteiger partial charge is 0.191 e. The van der Waals surface area contributed by atoms with E-state index in [0.717, 1.165) is 38.4 Å². The number of hydrogen-bond donors (Lipinski definition) is 2. The summed E-state index contributed by atoms with van der Waals surface area (Å²) in [6, 6.07) is 13.5. The van der Waals surface area contributed by atoms with Gasteiger partial charge in [0.25, 0.3) is 0 Å². The number of guanidine groups is 1. The van der Waals surface area contributed by atoms with Crippen LogP contribution in [0.5, 0.6) is 0 Å². The van der Waals surface area contributed by atoms with Gasteiger partial charge in [-0.25, -0.2) is 0 Å². The molecule has 0 saturated carbocycles. The second kappa shape index (κ2) is 10.0. The van der Waals surface area contributed by atoms with Crippen LogP contribution in [-0.4, -0.2) is 38.7 Å². The average molecular weight is 470 g/mol. The standard InChI is InChI=1S/C19H26N4S.HI/c1-15-5-7-17(8-6-15)23-12-10-16(14-23)22-19(20-2)21-11-9-18-4-3-13-24-18;/h3-8,13,16H,9-12,14H2,1-2H3,(H2,20,21,22);1H. The molecule has 0 amide bonds. The highest BCUT2D eigenvalue weighted by atomic mass is 127. The number of benzene rings is 1. The lowest BCUT2D eigenvalue weighted by atomic mass is 10.2. The number of halogens is 1. The maximum atomic E-state index is 4.36. The van der Waals surface area contributed by atoms with E-state index in [1.807, 2.05) is 18.4 Å². The van der Waals surface area contributed by atoms with Crippen molar-refractivity contribution in [3.05, 3.63) is 52.2 Å². The van der Waals surface area contributed by atoms with Gasteiger partial charge in [0.15, 0.2) is 5.96 Å². The zero-order valence-electron chi connectivity index (χ0n) is 14.9. The minimum atomic E-state index is 0. The quantitative estimate of drug-likeness (QED) is 0.398. The van der Waals surface area contributed by atoms with Crippen LogP contribution in [0.2, 0.25) is 0 Å². The summed E-state index contributed by atoms with van der Waals surface area (Å²) in [7, 11) is 1.84. The zero-order valence-corrected chi connectivity index (χ0v) is 18.0. The van der Waals surface area contributed by atoms with Crippen LogP contribution in [-0.2, 0) is 6.42 Å². The Morgan fingerprint density at radius 2 is 2.08 bits per heavy atom. The zero-order chi connectivity index (χ0) is 16.8. The molecular weight excluding hydrogens is 443 g/mol. The number of thiophene rings is 1. The highest BCUT2D eigenvalue weighted by molar-refractivity contribution is 14.0. The maximum absolute atomic E-state index is 4.36. The van der Waals surface area contributed by atoms with Crippen LogP contribution in [0.15, 0.2) is 46.8 Å². The molecule has 25 heavy (non-hydrogen) atoms. The average Bonchev–Trinajstić information content (AvgIpc) is 3.26. The van der Waals surface area contributed by atoms with Crippen LogP contribution in [0.25, 0.3) is 0 Å². The van der Waals surface area contributed by atoms with Crippen LogP contribution < -0.4 is 15.5 Å². The summed E-state index contributed by atoms with van der Waals surface area (Å²) >= 11 is 1.81. The summed E-state index contributed by atoms with van der Waals surface area (Å²) in [5.74, 6) is 0.905. The van der Waals surface area contributed by atoms with Gasteiger partial charge < -0.3 is 15.5 Å². The third-order valence-corrected chi connectivity index (χ3v) is 5.33. The van der Waals surface area contributed by atoms with Crippen molar-refractivity contribution < 1.29 is 0 Å². The molecule has 1 aromatic heterocycles. The molecule has 2 aromatic rings. The summed E-state index contributed by atoms with van der Waals surface area (Å²) in [4.78, 5) is 8.21. The van der Waals surface area contributed by atoms with E-state index in [1.165, 1.54) is 16.1 Å². The van der Waals surface area contributed by atoms with E-state index in [0.29, 0.717) is 6.04 Å². The lowest BCUT2D eigenvalue weighted by Gasteiger charge is -2.20. The number of nitrogens with one attached hydrogen (secondary N) is 2. The van der Waals surface area contributed by atoms with Crippen molar-refractivity contribution in [3.63, 3.8) is 0 Å². The Hall–Kier alpha value is -1.28. The molecule has 1 aromatic carbocycles. The van der Waals surface area contributed by atoms with E-state index in [2.05, 4.69) is 69.2 Å². The molecule has 1 aliphatic heterocycles. The predicted octanol–water partition coefficient (Wildman–Crippen LogP) is 3.66. The molecule has 136 valence electrons. The summed E-state index contributed by atoms with van der Waals surface area (Å²) < 4.78 is 0. The number of rotatable bonds is 5. The molecule has 0 radical (unpaired) electrons. The van der Waals surface area contributed by atoms with Crippen LogP contribution in [0.4, 0.5) is 5.69 Å². The summed E-state index contributed by atoms with van der Waals surface area (Å²) in [5.41, 5.74) is 2.62. The van der Waals surface area contributed by atoms with Crippen LogP contribution in [0.3, 0.4) is 0 Å². The Morgan fingerprint density at radius 3 is 2.76 bits per heavy atom.